The highest BCUT2D eigenvalue weighted by molar-refractivity contribution is 7.92. The summed E-state index contributed by atoms with van der Waals surface area (Å²) >= 11 is 5.76. The van der Waals surface area contributed by atoms with Crippen LogP contribution in [0.2, 0.25) is 5.02 Å². The van der Waals surface area contributed by atoms with Crippen LogP contribution in [-0.4, -0.2) is 20.4 Å². The minimum absolute atomic E-state index is 0.0839. The smallest absolute Gasteiger partial charge is 0.261 e. The molecule has 0 saturated carbocycles. The van der Waals surface area contributed by atoms with Crippen LogP contribution in [0.4, 0.5) is 5.69 Å². The van der Waals surface area contributed by atoms with E-state index in [0.29, 0.717) is 16.3 Å². The molecule has 0 spiro atoms. The molecule has 128 valence electrons. The molecular weight excluding hydrogens is 348 g/mol. The van der Waals surface area contributed by atoms with Crippen LogP contribution in [0.1, 0.15) is 30.6 Å². The number of rotatable bonds is 6. The van der Waals surface area contributed by atoms with Gasteiger partial charge in [-0.05, 0) is 61.9 Å². The monoisotopic (exact) mass is 366 g/mol. The Hall–Kier alpha value is -2.05. The number of carbonyl (C=O) groups excluding carboxylic acids is 1. The van der Waals surface area contributed by atoms with E-state index in [4.69, 9.17) is 11.6 Å². The highest BCUT2D eigenvalue weighted by atomic mass is 35.5. The molecule has 7 heteroatoms. The van der Waals surface area contributed by atoms with Crippen molar-refractivity contribution in [2.45, 2.75) is 31.2 Å². The molecule has 2 rings (SSSR count). The van der Waals surface area contributed by atoms with Crippen LogP contribution in [0.25, 0.3) is 0 Å². The molecule has 0 saturated heterocycles. The summed E-state index contributed by atoms with van der Waals surface area (Å²) in [5.41, 5.74) is 0.856. The van der Waals surface area contributed by atoms with Crippen LogP contribution in [0.3, 0.4) is 0 Å². The Labute approximate surface area is 147 Å². The Kier molecular flexibility index (Phi) is 5.85. The Morgan fingerprint density at radius 1 is 1.08 bits per heavy atom. The number of halogens is 1. The molecule has 5 nitrogen and oxygen atoms in total. The van der Waals surface area contributed by atoms with Gasteiger partial charge < -0.3 is 5.32 Å². The Balaban J connectivity index is 2.11. The second-order valence-electron chi connectivity index (χ2n) is 5.42. The number of carbonyl (C=O) groups is 1. The van der Waals surface area contributed by atoms with Gasteiger partial charge in [0.15, 0.2) is 0 Å². The molecule has 0 bridgehead atoms. The number of anilines is 1. The summed E-state index contributed by atoms with van der Waals surface area (Å²) in [5, 5.41) is 3.32. The van der Waals surface area contributed by atoms with Crippen molar-refractivity contribution in [3.63, 3.8) is 0 Å². The van der Waals surface area contributed by atoms with Crippen molar-refractivity contribution in [2.75, 3.05) is 4.72 Å². The number of hydrogen-bond donors (Lipinski definition) is 2. The Bertz CT molecular complexity index is 803. The quantitative estimate of drug-likeness (QED) is 0.819. The van der Waals surface area contributed by atoms with E-state index in [9.17, 15) is 13.2 Å². The third-order valence-corrected chi connectivity index (χ3v) is 5.16. The zero-order chi connectivity index (χ0) is 17.7. The molecule has 0 aromatic heterocycles. The van der Waals surface area contributed by atoms with E-state index in [2.05, 4.69) is 10.0 Å². The number of sulfonamides is 1. The van der Waals surface area contributed by atoms with Gasteiger partial charge in [0, 0.05) is 22.3 Å². The highest BCUT2D eigenvalue weighted by Crippen LogP contribution is 2.18. The van der Waals surface area contributed by atoms with Gasteiger partial charge in [-0.3, -0.25) is 9.52 Å². The number of amides is 1. The minimum atomic E-state index is -3.70. The van der Waals surface area contributed by atoms with Crippen molar-refractivity contribution < 1.29 is 13.2 Å². The van der Waals surface area contributed by atoms with Gasteiger partial charge >= 0.3 is 0 Å². The Morgan fingerprint density at radius 3 is 2.21 bits per heavy atom. The second-order valence-corrected chi connectivity index (χ2v) is 7.54. The maximum atomic E-state index is 12.3. The zero-order valence-corrected chi connectivity index (χ0v) is 15.0. The van der Waals surface area contributed by atoms with Crippen LogP contribution in [0.5, 0.6) is 0 Å². The Morgan fingerprint density at radius 2 is 1.67 bits per heavy atom. The molecule has 0 aliphatic rings. The lowest BCUT2D eigenvalue weighted by atomic mass is 10.1. The van der Waals surface area contributed by atoms with E-state index < -0.39 is 10.0 Å². The molecule has 0 fully saturated rings. The summed E-state index contributed by atoms with van der Waals surface area (Å²) in [6, 6.07) is 12.2. The summed E-state index contributed by atoms with van der Waals surface area (Å²) < 4.78 is 27.0. The van der Waals surface area contributed by atoms with Crippen LogP contribution < -0.4 is 10.0 Å². The summed E-state index contributed by atoms with van der Waals surface area (Å²) in [6.45, 7) is 3.91. The summed E-state index contributed by atoms with van der Waals surface area (Å²) in [4.78, 5) is 12.1. The van der Waals surface area contributed by atoms with E-state index in [0.717, 1.165) is 6.42 Å². The third-order valence-electron chi connectivity index (χ3n) is 3.51. The van der Waals surface area contributed by atoms with Crippen LogP contribution in [-0.2, 0) is 10.0 Å². The molecule has 0 heterocycles. The van der Waals surface area contributed by atoms with E-state index in [1.807, 2.05) is 13.8 Å². The zero-order valence-electron chi connectivity index (χ0n) is 13.4. The lowest BCUT2D eigenvalue weighted by Gasteiger charge is -2.12. The van der Waals surface area contributed by atoms with E-state index in [-0.39, 0.29) is 16.8 Å². The standard InChI is InChI=1S/C17H19ClN2O3S/c1-3-12(2)19-17(21)13-4-8-15(9-5-13)20-24(22,23)16-10-6-14(18)7-11-16/h4-12,20H,3H2,1-2H3,(H,19,21)/t12-/m1/s1. The molecule has 1 atom stereocenters. The first-order valence-electron chi connectivity index (χ1n) is 7.51. The van der Waals surface area contributed by atoms with Gasteiger partial charge in [0.05, 0.1) is 4.90 Å². The fraction of sp³-hybridized carbons (Fsp3) is 0.235. The van der Waals surface area contributed by atoms with Gasteiger partial charge in [-0.15, -0.1) is 0 Å². The first kappa shape index (κ1) is 18.3. The van der Waals surface area contributed by atoms with Crippen LogP contribution >= 0.6 is 11.6 Å². The average molecular weight is 367 g/mol. The van der Waals surface area contributed by atoms with Crippen molar-refractivity contribution in [1.29, 1.82) is 0 Å². The highest BCUT2D eigenvalue weighted by Gasteiger charge is 2.14. The predicted molar refractivity (Wildman–Crippen MR) is 95.9 cm³/mol. The van der Waals surface area contributed by atoms with Crippen molar-refractivity contribution in [3.05, 3.63) is 59.1 Å². The van der Waals surface area contributed by atoms with Gasteiger partial charge in [0.1, 0.15) is 0 Å². The molecule has 0 aliphatic heterocycles. The molecule has 2 aromatic carbocycles. The molecule has 0 radical (unpaired) electrons. The van der Waals surface area contributed by atoms with Crippen molar-refractivity contribution >= 4 is 33.2 Å². The van der Waals surface area contributed by atoms with Crippen LogP contribution in [0, 0.1) is 0 Å². The molecule has 2 N–H and O–H groups in total. The third kappa shape index (κ3) is 4.72. The van der Waals surface area contributed by atoms with Crippen LogP contribution in [0.15, 0.2) is 53.4 Å². The maximum Gasteiger partial charge on any atom is 0.261 e. The lowest BCUT2D eigenvalue weighted by molar-refractivity contribution is 0.0939. The fourth-order valence-electron chi connectivity index (χ4n) is 1.93. The molecule has 24 heavy (non-hydrogen) atoms. The van der Waals surface area contributed by atoms with Crippen molar-refractivity contribution in [3.8, 4) is 0 Å². The number of benzene rings is 2. The van der Waals surface area contributed by atoms with Gasteiger partial charge in [0.25, 0.3) is 15.9 Å². The van der Waals surface area contributed by atoms with E-state index in [1.54, 1.807) is 24.3 Å². The van der Waals surface area contributed by atoms with Crippen molar-refractivity contribution in [2.24, 2.45) is 0 Å². The molecule has 0 unspecified atom stereocenters. The van der Waals surface area contributed by atoms with Gasteiger partial charge in [-0.2, -0.15) is 0 Å². The lowest BCUT2D eigenvalue weighted by Crippen LogP contribution is -2.31. The van der Waals surface area contributed by atoms with E-state index in [1.165, 1.54) is 24.3 Å². The number of nitrogens with one attached hydrogen (secondary N) is 2. The molecular formula is C17H19ClN2O3S. The van der Waals surface area contributed by atoms with E-state index >= 15 is 0 Å². The summed E-state index contributed by atoms with van der Waals surface area (Å²) in [7, 11) is -3.70. The minimum Gasteiger partial charge on any atom is -0.350 e. The van der Waals surface area contributed by atoms with Gasteiger partial charge in [-0.25, -0.2) is 8.42 Å². The maximum absolute atomic E-state index is 12.3. The SMILES string of the molecule is CC[C@@H](C)NC(=O)c1ccc(NS(=O)(=O)c2ccc(Cl)cc2)cc1. The topological polar surface area (TPSA) is 75.3 Å². The second kappa shape index (κ2) is 7.68. The predicted octanol–water partition coefficient (Wildman–Crippen LogP) is 3.67. The number of hydrogen-bond acceptors (Lipinski definition) is 3. The normalized spacial score (nSPS) is 12.5. The summed E-state index contributed by atoms with van der Waals surface area (Å²) in [5.74, 6) is -0.184. The average Bonchev–Trinajstić information content (AvgIpc) is 2.55. The first-order chi connectivity index (χ1) is 11.3. The first-order valence-corrected chi connectivity index (χ1v) is 9.37. The van der Waals surface area contributed by atoms with Gasteiger partial charge in [0.2, 0.25) is 0 Å². The van der Waals surface area contributed by atoms with Crippen molar-refractivity contribution in [1.82, 2.24) is 5.32 Å². The molecule has 0 aliphatic carbocycles. The fourth-order valence-corrected chi connectivity index (χ4v) is 3.11. The van der Waals surface area contributed by atoms with Gasteiger partial charge in [-0.1, -0.05) is 18.5 Å². The molecule has 1 amide bonds. The largest absolute Gasteiger partial charge is 0.350 e. The summed E-state index contributed by atoms with van der Waals surface area (Å²) in [6.07, 6.45) is 0.838. The molecule has 2 aromatic rings.